The summed E-state index contributed by atoms with van der Waals surface area (Å²) in [4.78, 5) is 26.2. The third-order valence-electron chi connectivity index (χ3n) is 12.9. The van der Waals surface area contributed by atoms with Crippen LogP contribution in [0.5, 0.6) is 0 Å². The van der Waals surface area contributed by atoms with Gasteiger partial charge in [-0.3, -0.25) is 9.59 Å². The lowest BCUT2D eigenvalue weighted by Crippen LogP contribution is -2.46. The third kappa shape index (κ3) is 48.0. The Kier molecular flexibility index (Phi) is 51.5. The fraction of sp³-hybridized carbons (Fsp3) is 0.800. The highest BCUT2D eigenvalue weighted by molar-refractivity contribution is 5.77. The van der Waals surface area contributed by atoms with Crippen LogP contribution in [0.2, 0.25) is 0 Å². The number of carbonyl (C=O) groups is 2. The van der Waals surface area contributed by atoms with E-state index in [0.717, 1.165) is 77.0 Å². The molecule has 0 aromatic heterocycles. The van der Waals surface area contributed by atoms with E-state index < -0.39 is 18.2 Å². The summed E-state index contributed by atoms with van der Waals surface area (Å²) in [5, 5.41) is 23.8. The first-order valence-corrected chi connectivity index (χ1v) is 28.5. The molecule has 0 aliphatic rings. The smallest absolute Gasteiger partial charge is 0.306 e. The average molecular weight is 925 g/mol. The van der Waals surface area contributed by atoms with E-state index in [4.69, 9.17) is 4.74 Å². The number of carbonyl (C=O) groups excluding carboxylic acids is 2. The molecule has 0 heterocycles. The minimum Gasteiger partial charge on any atom is -0.462 e. The predicted octanol–water partition coefficient (Wildman–Crippen LogP) is 17.6. The number of nitrogens with one attached hydrogen (secondary N) is 1. The first-order chi connectivity index (χ1) is 32.5. The summed E-state index contributed by atoms with van der Waals surface area (Å²) < 4.78 is 5.93. The van der Waals surface area contributed by atoms with Gasteiger partial charge in [0, 0.05) is 6.42 Å². The number of hydrogen-bond acceptors (Lipinski definition) is 5. The number of ether oxygens (including phenoxy) is 1. The molecular weight excluding hydrogens is 815 g/mol. The molecule has 0 aromatic rings. The van der Waals surface area contributed by atoms with Gasteiger partial charge < -0.3 is 20.3 Å². The molecule has 0 aliphatic carbocycles. The van der Waals surface area contributed by atoms with Crippen molar-refractivity contribution in [3.05, 3.63) is 60.8 Å². The molecule has 1 amide bonds. The Labute approximate surface area is 409 Å². The summed E-state index contributed by atoms with van der Waals surface area (Å²) in [7, 11) is 0. The van der Waals surface area contributed by atoms with Gasteiger partial charge in [0.05, 0.1) is 25.2 Å². The van der Waals surface area contributed by atoms with Crippen LogP contribution in [0.15, 0.2) is 60.8 Å². The van der Waals surface area contributed by atoms with Crippen LogP contribution in [0.4, 0.5) is 0 Å². The Morgan fingerprint density at radius 2 is 0.803 bits per heavy atom. The SMILES string of the molecule is CC/C=C\C/C=C\C/C=C\C/C=C\C/C=C\CCCC(=O)OC(CCCCCCCCCCCCCCCCCCC)CC(=O)NC(CO)C(O)CCCCCCCCCCCCCCC. The molecule has 0 aromatic carbocycles. The van der Waals surface area contributed by atoms with Crippen LogP contribution in [0, 0.1) is 0 Å². The molecule has 0 spiro atoms. The van der Waals surface area contributed by atoms with Crippen LogP contribution in [-0.2, 0) is 14.3 Å². The van der Waals surface area contributed by atoms with E-state index in [2.05, 4.69) is 86.8 Å². The van der Waals surface area contributed by atoms with Crippen molar-refractivity contribution in [2.75, 3.05) is 6.61 Å². The molecule has 0 aliphatic heterocycles. The highest BCUT2D eigenvalue weighted by atomic mass is 16.5. The van der Waals surface area contributed by atoms with Crippen molar-refractivity contribution >= 4 is 11.9 Å². The van der Waals surface area contributed by atoms with Gasteiger partial charge in [-0.05, 0) is 64.2 Å². The fourth-order valence-electron chi connectivity index (χ4n) is 8.59. The molecule has 6 heteroatoms. The molecule has 3 atom stereocenters. The summed E-state index contributed by atoms with van der Waals surface area (Å²) in [6, 6.07) is -0.713. The molecule has 66 heavy (non-hydrogen) atoms. The first kappa shape index (κ1) is 63.6. The summed E-state index contributed by atoms with van der Waals surface area (Å²) in [5.41, 5.74) is 0. The number of rotatable bonds is 51. The van der Waals surface area contributed by atoms with Gasteiger partial charge in [0.15, 0.2) is 0 Å². The lowest BCUT2D eigenvalue weighted by Gasteiger charge is -2.24. The van der Waals surface area contributed by atoms with Crippen molar-refractivity contribution in [1.82, 2.24) is 5.32 Å². The second kappa shape index (κ2) is 53.5. The number of esters is 1. The molecule has 0 saturated heterocycles. The molecule has 0 bridgehead atoms. The lowest BCUT2D eigenvalue weighted by atomic mass is 10.0. The summed E-state index contributed by atoms with van der Waals surface area (Å²) in [5.74, 6) is -0.532. The zero-order valence-electron chi connectivity index (χ0n) is 43.8. The Bertz CT molecular complexity index is 1170. The minimum atomic E-state index is -0.797. The molecule has 6 nitrogen and oxygen atoms in total. The number of aliphatic hydroxyl groups is 2. The minimum absolute atomic E-state index is 0.0569. The topological polar surface area (TPSA) is 95.9 Å². The van der Waals surface area contributed by atoms with Gasteiger partial charge in [-0.15, -0.1) is 0 Å². The largest absolute Gasteiger partial charge is 0.462 e. The fourth-order valence-corrected chi connectivity index (χ4v) is 8.59. The van der Waals surface area contributed by atoms with Crippen molar-refractivity contribution in [2.24, 2.45) is 0 Å². The Morgan fingerprint density at radius 3 is 1.18 bits per heavy atom. The van der Waals surface area contributed by atoms with E-state index in [1.54, 1.807) is 0 Å². The summed E-state index contributed by atoms with van der Waals surface area (Å²) in [6.45, 7) is 6.38. The van der Waals surface area contributed by atoms with Crippen molar-refractivity contribution in [2.45, 2.75) is 302 Å². The third-order valence-corrected chi connectivity index (χ3v) is 12.9. The zero-order chi connectivity index (χ0) is 48.1. The highest BCUT2D eigenvalue weighted by Gasteiger charge is 2.24. The lowest BCUT2D eigenvalue weighted by molar-refractivity contribution is -0.151. The number of allylic oxidation sites excluding steroid dienone is 10. The van der Waals surface area contributed by atoms with E-state index in [1.165, 1.54) is 154 Å². The molecule has 0 rings (SSSR count). The maximum atomic E-state index is 13.3. The van der Waals surface area contributed by atoms with E-state index in [9.17, 15) is 19.8 Å². The predicted molar refractivity (Wildman–Crippen MR) is 287 cm³/mol. The zero-order valence-corrected chi connectivity index (χ0v) is 43.8. The summed E-state index contributed by atoms with van der Waals surface area (Å²) >= 11 is 0. The molecule has 0 saturated carbocycles. The second-order valence-corrected chi connectivity index (χ2v) is 19.3. The van der Waals surface area contributed by atoms with Crippen LogP contribution in [0.25, 0.3) is 0 Å². The van der Waals surface area contributed by atoms with E-state index >= 15 is 0 Å². The second-order valence-electron chi connectivity index (χ2n) is 19.3. The Hall–Kier alpha value is -2.44. The highest BCUT2D eigenvalue weighted by Crippen LogP contribution is 2.18. The number of aliphatic hydroxyl groups excluding tert-OH is 2. The van der Waals surface area contributed by atoms with Gasteiger partial charge in [-0.2, -0.15) is 0 Å². The Morgan fingerprint density at radius 1 is 0.455 bits per heavy atom. The molecule has 3 N–H and O–H groups in total. The van der Waals surface area contributed by atoms with E-state index in [0.29, 0.717) is 25.7 Å². The maximum Gasteiger partial charge on any atom is 0.306 e. The van der Waals surface area contributed by atoms with Crippen molar-refractivity contribution in [3.8, 4) is 0 Å². The standard InChI is InChI=1S/C60H109NO5/c1-4-7-10-13-16-19-22-25-27-29-31-34-36-39-42-45-48-51-56(66-60(65)53-50-47-44-41-38-35-32-30-28-26-23-20-17-14-11-8-5-2)54-59(64)61-57(55-62)58(63)52-49-46-43-40-37-33-24-21-18-15-12-9-6-3/h8,11,17,20,26,28,32,35,41,44,56-58,62-63H,4-7,9-10,12-16,18-19,21-25,27,29-31,33-34,36-40,42-43,45-55H2,1-3H3,(H,61,64)/b11-8-,20-17-,28-26-,35-32-,44-41-. The van der Waals surface area contributed by atoms with Crippen LogP contribution < -0.4 is 5.32 Å². The normalized spacial score (nSPS) is 13.6. The first-order valence-electron chi connectivity index (χ1n) is 28.5. The van der Waals surface area contributed by atoms with Crippen molar-refractivity contribution in [3.63, 3.8) is 0 Å². The number of hydrogen-bond donors (Lipinski definition) is 3. The quantitative estimate of drug-likeness (QED) is 0.0321. The van der Waals surface area contributed by atoms with E-state index in [1.807, 2.05) is 0 Å². The van der Waals surface area contributed by atoms with Crippen LogP contribution in [0.1, 0.15) is 284 Å². The summed E-state index contributed by atoms with van der Waals surface area (Å²) in [6.07, 6.45) is 67.2. The van der Waals surface area contributed by atoms with E-state index in [-0.39, 0.29) is 24.9 Å². The molecular formula is C60H109NO5. The van der Waals surface area contributed by atoms with Crippen LogP contribution in [-0.4, -0.2) is 46.9 Å². The average Bonchev–Trinajstić information content (AvgIpc) is 3.31. The number of unbranched alkanes of at least 4 members (excludes halogenated alkanes) is 29. The molecule has 384 valence electrons. The maximum absolute atomic E-state index is 13.3. The molecule has 3 unspecified atom stereocenters. The monoisotopic (exact) mass is 924 g/mol. The van der Waals surface area contributed by atoms with Crippen LogP contribution in [0.3, 0.4) is 0 Å². The van der Waals surface area contributed by atoms with Gasteiger partial charge in [-0.25, -0.2) is 0 Å². The van der Waals surface area contributed by atoms with Crippen molar-refractivity contribution in [1.29, 1.82) is 0 Å². The van der Waals surface area contributed by atoms with Gasteiger partial charge in [0.25, 0.3) is 0 Å². The van der Waals surface area contributed by atoms with Gasteiger partial charge in [0.2, 0.25) is 5.91 Å². The van der Waals surface area contributed by atoms with Crippen LogP contribution >= 0.6 is 0 Å². The molecule has 0 radical (unpaired) electrons. The van der Waals surface area contributed by atoms with Crippen molar-refractivity contribution < 1.29 is 24.5 Å². The Balaban J connectivity index is 4.64. The van der Waals surface area contributed by atoms with Gasteiger partial charge in [0.1, 0.15) is 6.10 Å². The van der Waals surface area contributed by atoms with Gasteiger partial charge in [-0.1, -0.05) is 268 Å². The molecule has 0 fully saturated rings. The van der Waals surface area contributed by atoms with Gasteiger partial charge >= 0.3 is 5.97 Å². The number of amides is 1.